The minimum absolute atomic E-state index is 0.145. The molecule has 1 aromatic carbocycles. The fourth-order valence-corrected chi connectivity index (χ4v) is 4.73. The molecule has 1 aliphatic carbocycles. The molecule has 29 heavy (non-hydrogen) atoms. The Bertz CT molecular complexity index is 653. The van der Waals surface area contributed by atoms with Crippen LogP contribution < -0.4 is 15.4 Å². The maximum Gasteiger partial charge on any atom is 0.319 e. The molecule has 2 saturated heterocycles. The summed E-state index contributed by atoms with van der Waals surface area (Å²) in [6, 6.07) is 9.08. The highest BCUT2D eigenvalue weighted by Crippen LogP contribution is 2.28. The normalized spacial score (nSPS) is 24.2. The Morgan fingerprint density at radius 2 is 1.79 bits per heavy atom. The van der Waals surface area contributed by atoms with Gasteiger partial charge in [0.15, 0.2) is 0 Å². The Hall–Kier alpha value is -1.79. The van der Waals surface area contributed by atoms with E-state index in [1.165, 1.54) is 32.1 Å². The van der Waals surface area contributed by atoms with Gasteiger partial charge in [0.2, 0.25) is 0 Å². The van der Waals surface area contributed by atoms with E-state index in [1.54, 1.807) is 0 Å². The maximum absolute atomic E-state index is 12.1. The Labute approximate surface area is 175 Å². The molecular weight excluding hydrogens is 364 g/mol. The van der Waals surface area contributed by atoms with Crippen molar-refractivity contribution < 1.29 is 9.53 Å². The number of hydrogen-bond donors (Lipinski definition) is 2. The minimum atomic E-state index is -0.145. The number of likely N-dealkylation sites (tertiary alicyclic amines) is 2. The number of anilines is 1. The zero-order valence-electron chi connectivity index (χ0n) is 17.7. The molecule has 160 valence electrons. The van der Waals surface area contributed by atoms with Crippen molar-refractivity contribution >= 4 is 11.7 Å². The molecular formula is C23H36N4O2. The van der Waals surface area contributed by atoms with Crippen molar-refractivity contribution in [2.45, 2.75) is 70.1 Å². The molecule has 1 aromatic rings. The van der Waals surface area contributed by atoms with Crippen LogP contribution in [-0.2, 0) is 0 Å². The molecule has 2 amide bonds. The van der Waals surface area contributed by atoms with Crippen LogP contribution in [0.1, 0.15) is 51.9 Å². The molecule has 0 bridgehead atoms. The highest BCUT2D eigenvalue weighted by molar-refractivity contribution is 5.89. The number of urea groups is 1. The second kappa shape index (κ2) is 9.81. The first-order valence-electron chi connectivity index (χ1n) is 11.5. The highest BCUT2D eigenvalue weighted by Gasteiger charge is 2.29. The summed E-state index contributed by atoms with van der Waals surface area (Å²) in [5.74, 6) is 0.890. The average Bonchev–Trinajstić information content (AvgIpc) is 3.08. The van der Waals surface area contributed by atoms with Gasteiger partial charge < -0.3 is 20.3 Å². The molecule has 3 aliphatic rings. The van der Waals surface area contributed by atoms with Crippen LogP contribution in [0.3, 0.4) is 0 Å². The Morgan fingerprint density at radius 3 is 2.41 bits per heavy atom. The first kappa shape index (κ1) is 20.5. The lowest BCUT2D eigenvalue weighted by Crippen LogP contribution is -2.46. The summed E-state index contributed by atoms with van der Waals surface area (Å²) in [6.07, 6.45) is 9.21. The fourth-order valence-electron chi connectivity index (χ4n) is 4.73. The van der Waals surface area contributed by atoms with E-state index < -0.39 is 0 Å². The number of ether oxygens (including phenoxy) is 1. The maximum atomic E-state index is 12.1. The van der Waals surface area contributed by atoms with Crippen molar-refractivity contribution in [2.75, 3.05) is 38.0 Å². The summed E-state index contributed by atoms with van der Waals surface area (Å²) in [5, 5.41) is 5.86. The zero-order chi connectivity index (χ0) is 20.1. The van der Waals surface area contributed by atoms with E-state index in [0.717, 1.165) is 56.5 Å². The van der Waals surface area contributed by atoms with Gasteiger partial charge in [-0.1, -0.05) is 6.42 Å². The lowest BCUT2D eigenvalue weighted by molar-refractivity contribution is 0.0493. The molecule has 6 heteroatoms. The van der Waals surface area contributed by atoms with Gasteiger partial charge in [0.05, 0.1) is 0 Å². The van der Waals surface area contributed by atoms with Gasteiger partial charge in [-0.2, -0.15) is 0 Å². The van der Waals surface area contributed by atoms with Crippen LogP contribution in [0, 0.1) is 0 Å². The number of nitrogens with one attached hydrogen (secondary N) is 2. The van der Waals surface area contributed by atoms with Crippen LogP contribution >= 0.6 is 0 Å². The van der Waals surface area contributed by atoms with Gasteiger partial charge in [0.25, 0.3) is 0 Å². The molecule has 0 radical (unpaired) electrons. The lowest BCUT2D eigenvalue weighted by atomic mass is 9.90. The van der Waals surface area contributed by atoms with Crippen LogP contribution in [0.15, 0.2) is 24.3 Å². The first-order valence-corrected chi connectivity index (χ1v) is 11.5. The second-order valence-electron chi connectivity index (χ2n) is 8.87. The smallest absolute Gasteiger partial charge is 0.319 e. The molecule has 1 saturated carbocycles. The zero-order valence-corrected chi connectivity index (χ0v) is 17.7. The van der Waals surface area contributed by atoms with Crippen LogP contribution in [0.4, 0.5) is 10.5 Å². The molecule has 4 rings (SSSR count). The molecule has 6 nitrogen and oxygen atoms in total. The van der Waals surface area contributed by atoms with Gasteiger partial charge in [-0.05, 0) is 76.3 Å². The SMILES string of the molecule is C[C@@H]1CCCN1CCNC(=O)Nc1ccc(OC2CCN(C3CCC3)CC2)cc1. The van der Waals surface area contributed by atoms with Crippen molar-refractivity contribution in [1.82, 2.24) is 15.1 Å². The summed E-state index contributed by atoms with van der Waals surface area (Å²) < 4.78 is 6.17. The Morgan fingerprint density at radius 1 is 1.03 bits per heavy atom. The second-order valence-corrected chi connectivity index (χ2v) is 8.87. The molecule has 2 heterocycles. The molecule has 2 aliphatic heterocycles. The third kappa shape index (κ3) is 5.64. The van der Waals surface area contributed by atoms with Gasteiger partial charge in [-0.25, -0.2) is 4.79 Å². The van der Waals surface area contributed by atoms with E-state index in [9.17, 15) is 4.79 Å². The minimum Gasteiger partial charge on any atom is -0.490 e. The standard InChI is InChI=1S/C23H36N4O2/c1-18-4-3-14-26(18)17-13-24-23(28)25-19-7-9-21(10-8-19)29-22-11-15-27(16-12-22)20-5-2-6-20/h7-10,18,20,22H,2-6,11-17H2,1H3,(H2,24,25,28)/t18-/m1/s1. The quantitative estimate of drug-likeness (QED) is 0.733. The van der Waals surface area contributed by atoms with Crippen molar-refractivity contribution in [2.24, 2.45) is 0 Å². The van der Waals surface area contributed by atoms with Gasteiger partial charge in [-0.3, -0.25) is 4.90 Å². The van der Waals surface area contributed by atoms with Crippen LogP contribution in [0.25, 0.3) is 0 Å². The van der Waals surface area contributed by atoms with E-state index in [2.05, 4.69) is 27.4 Å². The predicted molar refractivity (Wildman–Crippen MR) is 117 cm³/mol. The third-order valence-corrected chi connectivity index (χ3v) is 6.86. The van der Waals surface area contributed by atoms with Crippen LogP contribution in [0.2, 0.25) is 0 Å². The van der Waals surface area contributed by atoms with Gasteiger partial charge in [0, 0.05) is 44.0 Å². The Kier molecular flexibility index (Phi) is 6.93. The topological polar surface area (TPSA) is 56.8 Å². The summed E-state index contributed by atoms with van der Waals surface area (Å²) in [6.45, 7) is 7.31. The summed E-state index contributed by atoms with van der Waals surface area (Å²) >= 11 is 0. The number of nitrogens with zero attached hydrogens (tertiary/aromatic N) is 2. The fraction of sp³-hybridized carbons (Fsp3) is 0.696. The van der Waals surface area contributed by atoms with E-state index >= 15 is 0 Å². The van der Waals surface area contributed by atoms with Crippen molar-refractivity contribution in [3.63, 3.8) is 0 Å². The number of piperidine rings is 1. The van der Waals surface area contributed by atoms with E-state index in [-0.39, 0.29) is 6.03 Å². The molecule has 0 spiro atoms. The first-order chi connectivity index (χ1) is 14.2. The number of rotatable bonds is 7. The number of carbonyl (C=O) groups is 1. The van der Waals surface area contributed by atoms with Crippen molar-refractivity contribution in [1.29, 1.82) is 0 Å². The molecule has 3 fully saturated rings. The Balaban J connectivity index is 1.15. The number of amides is 2. The predicted octanol–water partition coefficient (Wildman–Crippen LogP) is 3.69. The van der Waals surface area contributed by atoms with Crippen LogP contribution in [0.5, 0.6) is 5.75 Å². The third-order valence-electron chi connectivity index (χ3n) is 6.86. The summed E-state index contributed by atoms with van der Waals surface area (Å²) in [4.78, 5) is 17.2. The monoisotopic (exact) mass is 400 g/mol. The average molecular weight is 401 g/mol. The summed E-state index contributed by atoms with van der Waals surface area (Å²) in [5.41, 5.74) is 0.796. The van der Waals surface area contributed by atoms with E-state index in [4.69, 9.17) is 4.74 Å². The van der Waals surface area contributed by atoms with Crippen molar-refractivity contribution in [3.8, 4) is 5.75 Å². The molecule has 0 aromatic heterocycles. The summed E-state index contributed by atoms with van der Waals surface area (Å²) in [7, 11) is 0. The molecule has 2 N–H and O–H groups in total. The van der Waals surface area contributed by atoms with Gasteiger partial charge in [0.1, 0.15) is 11.9 Å². The van der Waals surface area contributed by atoms with Crippen molar-refractivity contribution in [3.05, 3.63) is 24.3 Å². The van der Waals surface area contributed by atoms with E-state index in [1.807, 2.05) is 24.3 Å². The largest absolute Gasteiger partial charge is 0.490 e. The van der Waals surface area contributed by atoms with Crippen LogP contribution in [-0.4, -0.2) is 66.7 Å². The number of hydrogen-bond acceptors (Lipinski definition) is 4. The number of benzene rings is 1. The lowest BCUT2D eigenvalue weighted by Gasteiger charge is -2.41. The van der Waals surface area contributed by atoms with Gasteiger partial charge in [-0.15, -0.1) is 0 Å². The molecule has 1 atom stereocenters. The number of carbonyl (C=O) groups excluding carboxylic acids is 1. The molecule has 0 unspecified atom stereocenters. The highest BCUT2D eigenvalue weighted by atomic mass is 16.5. The van der Waals surface area contributed by atoms with Gasteiger partial charge >= 0.3 is 6.03 Å². The van der Waals surface area contributed by atoms with E-state index in [0.29, 0.717) is 18.7 Å².